The van der Waals surface area contributed by atoms with Crippen LogP contribution < -0.4 is 0 Å². The molecule has 0 bridgehead atoms. The van der Waals surface area contributed by atoms with Crippen molar-refractivity contribution in [1.82, 2.24) is 4.98 Å². The van der Waals surface area contributed by atoms with Crippen molar-refractivity contribution in [2.24, 2.45) is 5.92 Å². The van der Waals surface area contributed by atoms with Crippen molar-refractivity contribution in [1.29, 1.82) is 0 Å². The number of thioether (sulfide) groups is 1. The molecule has 0 fully saturated rings. The highest BCUT2D eigenvalue weighted by atomic mass is 32.2. The van der Waals surface area contributed by atoms with Crippen molar-refractivity contribution in [3.63, 3.8) is 0 Å². The zero-order valence-electron chi connectivity index (χ0n) is 10.3. The monoisotopic (exact) mass is 263 g/mol. The van der Waals surface area contributed by atoms with Gasteiger partial charge in [0.15, 0.2) is 5.78 Å². The lowest BCUT2D eigenvalue weighted by Crippen LogP contribution is -2.07. The molecule has 0 radical (unpaired) electrons. The highest BCUT2D eigenvalue weighted by molar-refractivity contribution is 7.99. The van der Waals surface area contributed by atoms with Gasteiger partial charge in [0.1, 0.15) is 0 Å². The molecule has 1 heterocycles. The number of carbonyl (C=O) groups excluding carboxylic acids is 1. The van der Waals surface area contributed by atoms with Gasteiger partial charge in [0.2, 0.25) is 0 Å². The van der Waals surface area contributed by atoms with Crippen LogP contribution in [-0.2, 0) is 0 Å². The fraction of sp³-hybridized carbons (Fsp3) is 0.357. The number of aliphatic hydroxyl groups excluding tert-OH is 1. The Bertz CT molecular complexity index is 535. The number of ketones is 1. The number of carbonyl (C=O) groups is 1. The summed E-state index contributed by atoms with van der Waals surface area (Å²) in [6.07, 6.45) is 1.78. The van der Waals surface area contributed by atoms with Crippen molar-refractivity contribution in [3.8, 4) is 0 Å². The maximum atomic E-state index is 12.1. The number of Topliss-reactive ketones (excluding diaryl/α,β-unsaturated/α-hetero) is 1. The third-order valence-electron chi connectivity index (χ3n) is 2.84. The van der Waals surface area contributed by atoms with E-state index in [4.69, 9.17) is 5.11 Å². The first-order chi connectivity index (χ1) is 8.72. The largest absolute Gasteiger partial charge is 0.396 e. The summed E-state index contributed by atoms with van der Waals surface area (Å²) in [6, 6.07) is 7.81. The zero-order valence-corrected chi connectivity index (χ0v) is 11.2. The Labute approximate surface area is 111 Å². The van der Waals surface area contributed by atoms with Gasteiger partial charge in [-0.3, -0.25) is 4.79 Å². The van der Waals surface area contributed by atoms with Gasteiger partial charge in [-0.25, -0.2) is 0 Å². The predicted octanol–water partition coefficient (Wildman–Crippen LogP) is 2.71. The van der Waals surface area contributed by atoms with E-state index >= 15 is 0 Å². The van der Waals surface area contributed by atoms with Gasteiger partial charge in [-0.15, -0.1) is 0 Å². The summed E-state index contributed by atoms with van der Waals surface area (Å²) in [5, 5.41) is 9.91. The van der Waals surface area contributed by atoms with Gasteiger partial charge in [-0.05, 0) is 17.7 Å². The molecule has 0 amide bonds. The molecular weight excluding hydrogens is 246 g/mol. The van der Waals surface area contributed by atoms with E-state index in [9.17, 15) is 4.79 Å². The van der Waals surface area contributed by atoms with Gasteiger partial charge in [-0.1, -0.05) is 25.1 Å². The molecule has 4 heteroatoms. The van der Waals surface area contributed by atoms with E-state index < -0.39 is 0 Å². The molecule has 96 valence electrons. The molecule has 2 aromatic rings. The second-order valence-corrected chi connectivity index (χ2v) is 5.50. The minimum atomic E-state index is 0.141. The van der Waals surface area contributed by atoms with Crippen LogP contribution in [0.3, 0.4) is 0 Å². The first-order valence-corrected chi connectivity index (χ1v) is 7.15. The molecule has 0 saturated carbocycles. The van der Waals surface area contributed by atoms with E-state index in [0.717, 1.165) is 22.2 Å². The molecule has 0 spiro atoms. The Hall–Kier alpha value is -1.26. The van der Waals surface area contributed by atoms with Crippen LogP contribution in [0.25, 0.3) is 10.9 Å². The van der Waals surface area contributed by atoms with E-state index in [0.29, 0.717) is 5.75 Å². The van der Waals surface area contributed by atoms with Gasteiger partial charge in [-0.2, -0.15) is 11.8 Å². The third kappa shape index (κ3) is 2.94. The van der Waals surface area contributed by atoms with Crippen LogP contribution in [0.5, 0.6) is 0 Å². The van der Waals surface area contributed by atoms with Crippen molar-refractivity contribution in [3.05, 3.63) is 36.0 Å². The molecule has 0 aliphatic heterocycles. The number of fused-ring (bicyclic) bond motifs is 1. The second kappa shape index (κ2) is 6.07. The lowest BCUT2D eigenvalue weighted by molar-refractivity contribution is 0.102. The van der Waals surface area contributed by atoms with Crippen LogP contribution in [0.2, 0.25) is 0 Å². The Morgan fingerprint density at radius 3 is 3.00 bits per heavy atom. The Morgan fingerprint density at radius 1 is 1.44 bits per heavy atom. The summed E-state index contributed by atoms with van der Waals surface area (Å²) < 4.78 is 0. The lowest BCUT2D eigenvalue weighted by atomic mass is 10.1. The quantitative estimate of drug-likeness (QED) is 0.788. The van der Waals surface area contributed by atoms with E-state index in [1.165, 1.54) is 0 Å². The predicted molar refractivity (Wildman–Crippen MR) is 76.2 cm³/mol. The molecule has 18 heavy (non-hydrogen) atoms. The van der Waals surface area contributed by atoms with Crippen molar-refractivity contribution in [2.75, 3.05) is 18.1 Å². The van der Waals surface area contributed by atoms with Crippen molar-refractivity contribution in [2.45, 2.75) is 6.92 Å². The third-order valence-corrected chi connectivity index (χ3v) is 4.11. The summed E-state index contributed by atoms with van der Waals surface area (Å²) in [6.45, 7) is 2.15. The fourth-order valence-corrected chi connectivity index (χ4v) is 2.75. The van der Waals surface area contributed by atoms with E-state index in [1.54, 1.807) is 18.0 Å². The normalized spacial score (nSPS) is 12.8. The van der Waals surface area contributed by atoms with Gasteiger partial charge in [0.25, 0.3) is 0 Å². The number of hydrogen-bond acceptors (Lipinski definition) is 3. The van der Waals surface area contributed by atoms with Gasteiger partial charge in [0, 0.05) is 29.3 Å². The van der Waals surface area contributed by atoms with Crippen LogP contribution in [-0.4, -0.2) is 34.0 Å². The van der Waals surface area contributed by atoms with Crippen molar-refractivity contribution < 1.29 is 9.90 Å². The highest BCUT2D eigenvalue weighted by Gasteiger charge is 2.12. The summed E-state index contributed by atoms with van der Waals surface area (Å²) >= 11 is 1.58. The molecule has 2 rings (SSSR count). The molecule has 0 aliphatic carbocycles. The first kappa shape index (κ1) is 13.2. The maximum absolute atomic E-state index is 12.1. The van der Waals surface area contributed by atoms with Gasteiger partial charge in [0.05, 0.1) is 5.75 Å². The smallest absolute Gasteiger partial charge is 0.174 e. The summed E-state index contributed by atoms with van der Waals surface area (Å²) in [5.41, 5.74) is 1.75. The van der Waals surface area contributed by atoms with Crippen LogP contribution in [0, 0.1) is 5.92 Å². The Balaban J connectivity index is 2.01. The summed E-state index contributed by atoms with van der Waals surface area (Å²) in [7, 11) is 0. The lowest BCUT2D eigenvalue weighted by Gasteiger charge is -2.06. The molecule has 1 unspecified atom stereocenters. The molecule has 2 N–H and O–H groups in total. The fourth-order valence-electron chi connectivity index (χ4n) is 1.79. The number of aromatic amines is 1. The Morgan fingerprint density at radius 2 is 2.22 bits per heavy atom. The first-order valence-electron chi connectivity index (χ1n) is 6.00. The number of aromatic nitrogens is 1. The molecule has 3 nitrogen and oxygen atoms in total. The van der Waals surface area contributed by atoms with Crippen LogP contribution in [0.4, 0.5) is 0 Å². The zero-order chi connectivity index (χ0) is 13.0. The maximum Gasteiger partial charge on any atom is 0.174 e. The van der Waals surface area contributed by atoms with Crippen LogP contribution >= 0.6 is 11.8 Å². The molecule has 1 atom stereocenters. The number of rotatable bonds is 6. The highest BCUT2D eigenvalue weighted by Crippen LogP contribution is 2.20. The second-order valence-electron chi connectivity index (χ2n) is 4.47. The molecule has 0 saturated heterocycles. The van der Waals surface area contributed by atoms with Gasteiger partial charge >= 0.3 is 0 Å². The van der Waals surface area contributed by atoms with Crippen LogP contribution in [0.15, 0.2) is 30.5 Å². The number of hydrogen-bond donors (Lipinski definition) is 2. The number of nitrogens with one attached hydrogen (secondary N) is 1. The average Bonchev–Trinajstić information content (AvgIpc) is 2.82. The number of H-pyrrole nitrogens is 1. The topological polar surface area (TPSA) is 53.1 Å². The molecular formula is C14H17NO2S. The average molecular weight is 263 g/mol. The summed E-state index contributed by atoms with van der Waals surface area (Å²) in [5.74, 6) is 1.66. The van der Waals surface area contributed by atoms with Gasteiger partial charge < -0.3 is 10.1 Å². The Kier molecular flexibility index (Phi) is 4.44. The molecule has 1 aromatic heterocycles. The minimum Gasteiger partial charge on any atom is -0.396 e. The minimum absolute atomic E-state index is 0.141. The van der Waals surface area contributed by atoms with E-state index in [1.807, 2.05) is 31.2 Å². The van der Waals surface area contributed by atoms with E-state index in [-0.39, 0.29) is 18.3 Å². The standard InChI is InChI=1S/C14H17NO2S/c1-10(7-16)8-18-9-14(17)12-6-15-13-5-3-2-4-11(12)13/h2-6,10,15-16H,7-9H2,1H3. The van der Waals surface area contributed by atoms with Crippen LogP contribution in [0.1, 0.15) is 17.3 Å². The van der Waals surface area contributed by atoms with Crippen molar-refractivity contribution >= 4 is 28.4 Å². The molecule has 0 aliphatic rings. The number of benzene rings is 1. The SMILES string of the molecule is CC(CO)CSCC(=O)c1c[nH]c2ccccc12. The van der Waals surface area contributed by atoms with E-state index in [2.05, 4.69) is 4.98 Å². The molecule has 1 aromatic carbocycles. The number of aliphatic hydroxyl groups is 1. The number of para-hydroxylation sites is 1. The summed E-state index contributed by atoms with van der Waals surface area (Å²) in [4.78, 5) is 15.2.